The Hall–Kier alpha value is -1.07. The molecule has 0 aliphatic carbocycles. The Morgan fingerprint density at radius 1 is 1.25 bits per heavy atom. The average Bonchev–Trinajstić information content (AvgIpc) is 2.58. The number of nitrogens with two attached hydrogens (primary N) is 1. The molecular weight excluding hydrogens is 202 g/mol. The molecular formula is C11H21N5. The van der Waals surface area contributed by atoms with Crippen molar-refractivity contribution in [2.75, 3.05) is 45.5 Å². The third-order valence-corrected chi connectivity index (χ3v) is 3.25. The predicted octanol–water partition coefficient (Wildman–Crippen LogP) is -0.208. The van der Waals surface area contributed by atoms with Crippen molar-refractivity contribution in [3.63, 3.8) is 0 Å². The highest BCUT2D eigenvalue weighted by Gasteiger charge is 2.13. The fraction of sp³-hybridized carbons (Fsp3) is 0.727. The van der Waals surface area contributed by atoms with Gasteiger partial charge in [0.1, 0.15) is 5.82 Å². The number of hydrogen-bond donors (Lipinski definition) is 1. The topological polar surface area (TPSA) is 50.3 Å². The fourth-order valence-electron chi connectivity index (χ4n) is 2.01. The molecule has 2 rings (SSSR count). The Morgan fingerprint density at radius 2 is 1.94 bits per heavy atom. The van der Waals surface area contributed by atoms with Crippen LogP contribution in [0.2, 0.25) is 0 Å². The molecule has 5 nitrogen and oxygen atoms in total. The first-order chi connectivity index (χ1) is 7.65. The largest absolute Gasteiger partial charge is 0.384 e. The lowest BCUT2D eigenvalue weighted by atomic mass is 10.2. The molecule has 5 heteroatoms. The van der Waals surface area contributed by atoms with Crippen LogP contribution in [0.1, 0.15) is 5.69 Å². The van der Waals surface area contributed by atoms with Gasteiger partial charge in [-0.25, -0.2) is 0 Å². The van der Waals surface area contributed by atoms with Gasteiger partial charge in [0, 0.05) is 52.3 Å². The number of piperazine rings is 1. The molecule has 1 saturated heterocycles. The van der Waals surface area contributed by atoms with Crippen molar-refractivity contribution in [1.82, 2.24) is 19.6 Å². The molecule has 2 N–H and O–H groups in total. The van der Waals surface area contributed by atoms with Crippen molar-refractivity contribution >= 4 is 5.82 Å². The van der Waals surface area contributed by atoms with Crippen molar-refractivity contribution in [2.45, 2.75) is 6.42 Å². The van der Waals surface area contributed by atoms with Gasteiger partial charge in [0.15, 0.2) is 0 Å². The number of hydrogen-bond acceptors (Lipinski definition) is 4. The summed E-state index contributed by atoms with van der Waals surface area (Å²) in [5.74, 6) is 0.744. The maximum atomic E-state index is 5.75. The number of nitrogen functional groups attached to an aromatic ring is 1. The first kappa shape index (κ1) is 11.4. The number of nitrogens with zero attached hydrogens (tertiary/aromatic N) is 4. The molecule has 1 aromatic heterocycles. The molecule has 0 atom stereocenters. The SMILES string of the molecule is CN1CCN(CCc2cc(N)n(C)n2)CC1. The number of anilines is 1. The normalized spacial score (nSPS) is 19.1. The summed E-state index contributed by atoms with van der Waals surface area (Å²) in [6, 6.07) is 1.97. The van der Waals surface area contributed by atoms with Crippen LogP contribution in [0.4, 0.5) is 5.82 Å². The van der Waals surface area contributed by atoms with E-state index in [-0.39, 0.29) is 0 Å². The van der Waals surface area contributed by atoms with Crippen LogP contribution in [0, 0.1) is 0 Å². The molecule has 1 aromatic rings. The molecule has 0 saturated carbocycles. The zero-order valence-electron chi connectivity index (χ0n) is 10.2. The van der Waals surface area contributed by atoms with Crippen LogP contribution in [0.5, 0.6) is 0 Å². The van der Waals surface area contributed by atoms with Crippen LogP contribution in [-0.4, -0.2) is 59.4 Å². The highest BCUT2D eigenvalue weighted by atomic mass is 15.3. The molecule has 0 spiro atoms. The van der Waals surface area contributed by atoms with Crippen LogP contribution >= 0.6 is 0 Å². The van der Waals surface area contributed by atoms with Crippen molar-refractivity contribution in [1.29, 1.82) is 0 Å². The minimum Gasteiger partial charge on any atom is -0.384 e. The zero-order chi connectivity index (χ0) is 11.5. The quantitative estimate of drug-likeness (QED) is 0.770. The van der Waals surface area contributed by atoms with Gasteiger partial charge in [-0.1, -0.05) is 0 Å². The van der Waals surface area contributed by atoms with Crippen LogP contribution < -0.4 is 5.73 Å². The molecule has 0 bridgehead atoms. The van der Waals surface area contributed by atoms with E-state index in [0.29, 0.717) is 0 Å². The third-order valence-electron chi connectivity index (χ3n) is 3.25. The molecule has 1 aliphatic heterocycles. The Labute approximate surface area is 96.8 Å². The molecule has 2 heterocycles. The summed E-state index contributed by atoms with van der Waals surface area (Å²) in [4.78, 5) is 4.86. The summed E-state index contributed by atoms with van der Waals surface area (Å²) in [5, 5.41) is 4.36. The van der Waals surface area contributed by atoms with Crippen LogP contribution in [-0.2, 0) is 13.5 Å². The summed E-state index contributed by atoms with van der Waals surface area (Å²) in [6.45, 7) is 5.76. The van der Waals surface area contributed by atoms with E-state index >= 15 is 0 Å². The Bertz CT molecular complexity index is 319. The third kappa shape index (κ3) is 2.74. The van der Waals surface area contributed by atoms with E-state index in [1.54, 1.807) is 4.68 Å². The van der Waals surface area contributed by atoms with Crippen molar-refractivity contribution in [3.8, 4) is 0 Å². The van der Waals surface area contributed by atoms with E-state index in [0.717, 1.165) is 24.5 Å². The van der Waals surface area contributed by atoms with E-state index in [1.807, 2.05) is 13.1 Å². The number of aryl methyl sites for hydroxylation is 1. The van der Waals surface area contributed by atoms with Gasteiger partial charge >= 0.3 is 0 Å². The second-order valence-corrected chi connectivity index (χ2v) is 4.58. The average molecular weight is 223 g/mol. The van der Waals surface area contributed by atoms with E-state index in [2.05, 4.69) is 21.9 Å². The summed E-state index contributed by atoms with van der Waals surface area (Å²) in [7, 11) is 4.06. The first-order valence-electron chi connectivity index (χ1n) is 5.84. The van der Waals surface area contributed by atoms with Gasteiger partial charge in [0.05, 0.1) is 5.69 Å². The van der Waals surface area contributed by atoms with E-state index in [4.69, 9.17) is 5.73 Å². The smallest absolute Gasteiger partial charge is 0.121 e. The van der Waals surface area contributed by atoms with Gasteiger partial charge in [-0.3, -0.25) is 4.68 Å². The summed E-state index contributed by atoms with van der Waals surface area (Å²) in [6.07, 6.45) is 0.995. The molecule has 90 valence electrons. The van der Waals surface area contributed by atoms with E-state index in [1.165, 1.54) is 26.2 Å². The number of rotatable bonds is 3. The highest BCUT2D eigenvalue weighted by Crippen LogP contribution is 2.06. The minimum absolute atomic E-state index is 0.744. The van der Waals surface area contributed by atoms with Crippen molar-refractivity contribution in [2.24, 2.45) is 7.05 Å². The van der Waals surface area contributed by atoms with Crippen molar-refractivity contribution < 1.29 is 0 Å². The molecule has 0 radical (unpaired) electrons. The van der Waals surface area contributed by atoms with Gasteiger partial charge in [-0.2, -0.15) is 5.10 Å². The Morgan fingerprint density at radius 3 is 2.50 bits per heavy atom. The standard InChI is InChI=1S/C11H21N5/c1-14-5-7-16(8-6-14)4-3-10-9-11(12)15(2)13-10/h9H,3-8,12H2,1-2H3. The van der Waals surface area contributed by atoms with E-state index in [9.17, 15) is 0 Å². The molecule has 0 unspecified atom stereocenters. The number of aromatic nitrogens is 2. The summed E-state index contributed by atoms with van der Waals surface area (Å²) in [5.41, 5.74) is 6.84. The fourth-order valence-corrected chi connectivity index (χ4v) is 2.01. The monoisotopic (exact) mass is 223 g/mol. The second kappa shape index (κ2) is 4.84. The molecule has 16 heavy (non-hydrogen) atoms. The predicted molar refractivity (Wildman–Crippen MR) is 65.3 cm³/mol. The van der Waals surface area contributed by atoms with Gasteiger partial charge in [-0.05, 0) is 7.05 Å². The summed E-state index contributed by atoms with van der Waals surface area (Å²) < 4.78 is 1.74. The number of likely N-dealkylation sites (N-methyl/N-ethyl adjacent to an activating group) is 1. The van der Waals surface area contributed by atoms with Crippen LogP contribution in [0.3, 0.4) is 0 Å². The molecule has 1 fully saturated rings. The zero-order valence-corrected chi connectivity index (χ0v) is 10.2. The first-order valence-corrected chi connectivity index (χ1v) is 5.84. The van der Waals surface area contributed by atoms with Gasteiger partial charge in [0.25, 0.3) is 0 Å². The highest BCUT2D eigenvalue weighted by molar-refractivity contribution is 5.30. The lowest BCUT2D eigenvalue weighted by Gasteiger charge is -2.32. The Balaban J connectivity index is 1.79. The second-order valence-electron chi connectivity index (χ2n) is 4.58. The van der Waals surface area contributed by atoms with Crippen LogP contribution in [0.15, 0.2) is 6.07 Å². The molecule has 1 aliphatic rings. The minimum atomic E-state index is 0.744. The van der Waals surface area contributed by atoms with E-state index < -0.39 is 0 Å². The lowest BCUT2D eigenvalue weighted by molar-refractivity contribution is 0.155. The van der Waals surface area contributed by atoms with Crippen LogP contribution in [0.25, 0.3) is 0 Å². The maximum Gasteiger partial charge on any atom is 0.121 e. The maximum absolute atomic E-state index is 5.75. The molecule has 0 aromatic carbocycles. The van der Waals surface area contributed by atoms with Crippen molar-refractivity contribution in [3.05, 3.63) is 11.8 Å². The van der Waals surface area contributed by atoms with Gasteiger partial charge in [-0.15, -0.1) is 0 Å². The van der Waals surface area contributed by atoms with Gasteiger partial charge < -0.3 is 15.5 Å². The van der Waals surface area contributed by atoms with Gasteiger partial charge in [0.2, 0.25) is 0 Å². The summed E-state index contributed by atoms with van der Waals surface area (Å²) >= 11 is 0. The Kier molecular flexibility index (Phi) is 3.46. The molecule has 0 amide bonds. The lowest BCUT2D eigenvalue weighted by Crippen LogP contribution is -2.45.